The molecule has 4 aromatic rings. The summed E-state index contributed by atoms with van der Waals surface area (Å²) in [7, 11) is -4.09. The van der Waals surface area contributed by atoms with Gasteiger partial charge in [0.15, 0.2) is 11.7 Å². The van der Waals surface area contributed by atoms with Crippen molar-refractivity contribution < 1.29 is 8.85 Å². The highest BCUT2D eigenvalue weighted by Gasteiger charge is 2.63. The Kier molecular flexibility index (Phi) is 7.76. The topological polar surface area (TPSA) is 104 Å². The third-order valence-corrected chi connectivity index (χ3v) is 21.2. The number of nitrogens with one attached hydrogen (secondary N) is 1. The van der Waals surface area contributed by atoms with E-state index in [1.165, 1.54) is 44.1 Å². The Morgan fingerprint density at radius 3 is 2.10 bits per heavy atom. The van der Waals surface area contributed by atoms with Crippen LogP contribution in [-0.4, -0.2) is 53.4 Å². The summed E-state index contributed by atoms with van der Waals surface area (Å²) in [5, 5.41) is 2.04. The van der Waals surface area contributed by atoms with Gasteiger partial charge < -0.3 is 13.8 Å². The van der Waals surface area contributed by atoms with Gasteiger partial charge >= 0.3 is 8.88 Å². The van der Waals surface area contributed by atoms with Crippen LogP contribution in [0.3, 0.4) is 0 Å². The van der Waals surface area contributed by atoms with Gasteiger partial charge in [-0.3, -0.25) is 8.80 Å². The number of aromatic amines is 1. The van der Waals surface area contributed by atoms with Crippen molar-refractivity contribution in [2.24, 2.45) is 71.3 Å². The molecule has 2 aromatic heterocycles. The third kappa shape index (κ3) is 5.04. The van der Waals surface area contributed by atoms with Gasteiger partial charge in [-0.1, -0.05) is 101 Å². The normalized spacial score (nSPS) is 32.9. The van der Waals surface area contributed by atoms with E-state index in [1.54, 1.807) is 0 Å². The lowest BCUT2D eigenvalue weighted by Gasteiger charge is -2.60. The monoisotopic (exact) mass is 852 g/mol. The second-order valence-corrected chi connectivity index (χ2v) is 24.1. The molecule has 6 fully saturated rings. The van der Waals surface area contributed by atoms with Crippen LogP contribution < -0.4 is 11.0 Å². The Labute approximate surface area is 369 Å². The van der Waals surface area contributed by atoms with Gasteiger partial charge in [0, 0.05) is 57.4 Å². The Morgan fingerprint density at radius 2 is 1.38 bits per heavy atom. The van der Waals surface area contributed by atoms with E-state index in [0.29, 0.717) is 53.6 Å². The molecule has 10 bridgehead atoms. The first kappa shape index (κ1) is 37.4. The number of rotatable bonds is 6. The minimum atomic E-state index is -4.09. The van der Waals surface area contributed by atoms with E-state index in [4.69, 9.17) is 33.8 Å². The smallest absolute Gasteiger partial charge is 0.361 e. The Morgan fingerprint density at radius 1 is 0.714 bits per heavy atom. The van der Waals surface area contributed by atoms with E-state index >= 15 is 0 Å². The van der Waals surface area contributed by atoms with Crippen molar-refractivity contribution in [3.63, 3.8) is 0 Å². The van der Waals surface area contributed by atoms with Crippen LogP contribution >= 0.6 is 0 Å². The number of aliphatic imine (C=N–C) groups is 3. The van der Waals surface area contributed by atoms with E-state index in [1.807, 2.05) is 0 Å². The van der Waals surface area contributed by atoms with Gasteiger partial charge in [0.25, 0.3) is 0 Å². The number of nitrogens with zero attached hydrogens (tertiary/aromatic N) is 7. The van der Waals surface area contributed by atoms with Crippen molar-refractivity contribution in [3.8, 4) is 0 Å². The quantitative estimate of drug-likeness (QED) is 0.195. The molecule has 7 unspecified atom stereocenters. The molecule has 63 heavy (non-hydrogen) atoms. The predicted molar refractivity (Wildman–Crippen MR) is 249 cm³/mol. The first-order chi connectivity index (χ1) is 30.7. The Bertz CT molecular complexity index is 2970. The van der Waals surface area contributed by atoms with Gasteiger partial charge in [-0.2, -0.15) is 0 Å². The maximum absolute atomic E-state index is 8.19. The Hall–Kier alpha value is -4.97. The van der Waals surface area contributed by atoms with Crippen molar-refractivity contribution in [3.05, 3.63) is 111 Å². The summed E-state index contributed by atoms with van der Waals surface area (Å²) in [6.45, 7) is 11.2. The van der Waals surface area contributed by atoms with Gasteiger partial charge in [0.05, 0.1) is 0 Å². The number of hydrogen-bond donors (Lipinski definition) is 1. The molecule has 10 nitrogen and oxygen atoms in total. The molecule has 0 amide bonds. The lowest BCUT2D eigenvalue weighted by atomic mass is 9.46. The largest absolute Gasteiger partial charge is 0.599 e. The fraction of sp³-hybridized carbons (Fsp3) is 0.481. The second-order valence-electron chi connectivity index (χ2n) is 21.5. The summed E-state index contributed by atoms with van der Waals surface area (Å²) in [6.07, 6.45) is 19.5. The van der Waals surface area contributed by atoms with Crippen molar-refractivity contribution in [1.29, 1.82) is 0 Å². The number of H-pyrrole nitrogens is 1. The van der Waals surface area contributed by atoms with Crippen LogP contribution in [0.25, 0.3) is 16.8 Å². The summed E-state index contributed by atoms with van der Waals surface area (Å²) >= 11 is 0. The molecule has 2 aromatic carbocycles. The molecule has 16 rings (SSSR count). The summed E-state index contributed by atoms with van der Waals surface area (Å²) < 4.78 is 21.2. The van der Waals surface area contributed by atoms with Crippen LogP contribution in [0.1, 0.15) is 114 Å². The van der Waals surface area contributed by atoms with Gasteiger partial charge in [0.1, 0.15) is 34.6 Å². The molecule has 320 valence electrons. The lowest BCUT2D eigenvalue weighted by molar-refractivity contribution is -0.125. The third-order valence-electron chi connectivity index (χ3n) is 18.1. The van der Waals surface area contributed by atoms with E-state index in [-0.39, 0.29) is 0 Å². The molecule has 0 spiro atoms. The van der Waals surface area contributed by atoms with Gasteiger partial charge in [-0.05, 0) is 111 Å². The van der Waals surface area contributed by atoms with Crippen LogP contribution in [-0.2, 0) is 15.3 Å². The number of amidine groups is 3. The van der Waals surface area contributed by atoms with Crippen LogP contribution in [0.2, 0.25) is 0 Å². The highest BCUT2D eigenvalue weighted by molar-refractivity contribution is 6.66. The molecule has 4 aliphatic heterocycles. The molecular weight excluding hydrogens is 797 g/mol. The number of allylic oxidation sites excluding steroid dienone is 2. The highest BCUT2D eigenvalue weighted by Crippen LogP contribution is 2.63. The van der Waals surface area contributed by atoms with Crippen molar-refractivity contribution >= 4 is 54.9 Å². The second kappa shape index (κ2) is 13.1. The number of aromatic nitrogens is 2. The van der Waals surface area contributed by atoms with E-state index in [0.717, 1.165) is 110 Å². The first-order valence-corrected chi connectivity index (χ1v) is 25.7. The van der Waals surface area contributed by atoms with Crippen LogP contribution in [0.5, 0.6) is 0 Å². The molecule has 6 saturated carbocycles. The average Bonchev–Trinajstić information content (AvgIpc) is 4.03. The molecule has 0 saturated heterocycles. The molecule has 8 aliphatic carbocycles. The SMILES string of the molecule is CC1(C)C2CCC(CO[Si]3(OCC4CCC5CC4C5(C)C)N4C5=Nc6[nH]c(c7c6C=CCC7)N=c6c7ccccc7c(n63)=NC3=NC(=NC4c4ccccc45)C4=C3C=CCC4)C1C2. The fourth-order valence-corrected chi connectivity index (χ4v) is 17.8. The maximum atomic E-state index is 8.19. The number of fused-ring (bicyclic) bond motifs is 18. The lowest BCUT2D eigenvalue weighted by Crippen LogP contribution is -2.71. The van der Waals surface area contributed by atoms with Crippen LogP contribution in [0.15, 0.2) is 103 Å². The zero-order chi connectivity index (χ0) is 42.0. The minimum absolute atomic E-state index is 0.299. The van der Waals surface area contributed by atoms with E-state index in [9.17, 15) is 0 Å². The molecule has 11 heteroatoms. The van der Waals surface area contributed by atoms with Gasteiger partial charge in [0.2, 0.25) is 0 Å². The summed E-state index contributed by atoms with van der Waals surface area (Å²) in [5.74, 6) is 7.56. The highest BCUT2D eigenvalue weighted by atomic mass is 28.4. The Balaban J connectivity index is 1.11. The minimum Gasteiger partial charge on any atom is -0.361 e. The summed E-state index contributed by atoms with van der Waals surface area (Å²) in [4.78, 5) is 32.3. The zero-order valence-corrected chi connectivity index (χ0v) is 37.9. The van der Waals surface area contributed by atoms with Crippen molar-refractivity contribution in [2.45, 2.75) is 98.1 Å². The predicted octanol–water partition coefficient (Wildman–Crippen LogP) is 9.84. The zero-order valence-electron chi connectivity index (χ0n) is 36.9. The summed E-state index contributed by atoms with van der Waals surface area (Å²) in [5.41, 5.74) is 8.87. The van der Waals surface area contributed by atoms with E-state index in [2.05, 4.69) is 114 Å². The molecular formula is C52H56N8O2Si. The standard InChI is InChI=1S/C52H56N8O2Si/c1-51(2)31-23-21-29(41(51)25-31)27-61-63(62-28-30-22-24-32-26-42(30)52(32,3)4)59-47-37-17-9-10-18-38(37)49(59)57-45-35-15-7-8-16-36(35)46(54-45)58-50-40-20-12-11-19-39(40)48(60(50)63)56-44-34-14-6-5-13-33(34)43(53-44)55-47/h5,8-13,16-20,29-32,41-42,48,54H,6-7,14-15,21-28H2,1-4H3. The van der Waals surface area contributed by atoms with Crippen LogP contribution in [0.4, 0.5) is 11.6 Å². The van der Waals surface area contributed by atoms with Crippen molar-refractivity contribution in [2.75, 3.05) is 13.2 Å². The molecule has 0 radical (unpaired) electrons. The van der Waals surface area contributed by atoms with Gasteiger partial charge in [-0.15, -0.1) is 0 Å². The molecule has 1 N–H and O–H groups in total. The van der Waals surface area contributed by atoms with E-state index < -0.39 is 15.0 Å². The molecule has 6 heterocycles. The summed E-state index contributed by atoms with van der Waals surface area (Å²) in [6, 6.07) is 17.5. The van der Waals surface area contributed by atoms with Crippen LogP contribution in [0, 0.1) is 46.3 Å². The number of hydrogen-bond acceptors (Lipinski definition) is 8. The molecule has 7 atom stereocenters. The maximum Gasteiger partial charge on any atom is 0.599 e. The van der Waals surface area contributed by atoms with Gasteiger partial charge in [-0.25, -0.2) is 25.0 Å². The average molecular weight is 853 g/mol. The fourth-order valence-electron chi connectivity index (χ4n) is 14.2. The molecule has 12 aliphatic rings. The van der Waals surface area contributed by atoms with Crippen molar-refractivity contribution in [1.82, 2.24) is 13.8 Å². The number of benzene rings is 2. The first-order valence-electron chi connectivity index (χ1n) is 24.0.